The molecule has 3 aromatic carbocycles. The van der Waals surface area contributed by atoms with Crippen molar-refractivity contribution in [1.29, 1.82) is 0 Å². The first-order valence-electron chi connectivity index (χ1n) is 11.1. The molecule has 0 radical (unpaired) electrons. The number of carbonyl (C=O) groups excluding carboxylic acids is 2. The van der Waals surface area contributed by atoms with Gasteiger partial charge in [-0.15, -0.1) is 11.8 Å². The Morgan fingerprint density at radius 2 is 1.45 bits per heavy atom. The van der Waals surface area contributed by atoms with Crippen LogP contribution in [-0.2, 0) is 9.59 Å². The van der Waals surface area contributed by atoms with Gasteiger partial charge in [0, 0.05) is 22.7 Å². The summed E-state index contributed by atoms with van der Waals surface area (Å²) in [6.07, 6.45) is 0.457. The second-order valence-corrected chi connectivity index (χ2v) is 10.7. The molecular weight excluding hydrogens is 428 g/mol. The van der Waals surface area contributed by atoms with Crippen LogP contribution in [0.4, 0.5) is 11.4 Å². The van der Waals surface area contributed by atoms with Gasteiger partial charge in [0.1, 0.15) is 5.25 Å². The van der Waals surface area contributed by atoms with E-state index in [1.54, 1.807) is 0 Å². The van der Waals surface area contributed by atoms with E-state index in [9.17, 15) is 9.59 Å². The van der Waals surface area contributed by atoms with Crippen LogP contribution in [0.2, 0.25) is 0 Å². The van der Waals surface area contributed by atoms with Gasteiger partial charge in [-0.2, -0.15) is 0 Å². The van der Waals surface area contributed by atoms with Gasteiger partial charge in [0.05, 0.1) is 0 Å². The molecule has 2 amide bonds. The Labute approximate surface area is 201 Å². The average molecular weight is 461 g/mol. The molecule has 1 atom stereocenters. The maximum Gasteiger partial charge on any atom is 0.242 e. The number of hydrogen-bond acceptors (Lipinski definition) is 3. The molecular formula is C28H32N2O2S. The van der Waals surface area contributed by atoms with Crippen molar-refractivity contribution in [3.63, 3.8) is 0 Å². The van der Waals surface area contributed by atoms with Crippen LogP contribution in [0.3, 0.4) is 0 Å². The molecule has 4 nitrogen and oxygen atoms in total. The number of carbonyl (C=O) groups is 2. The highest BCUT2D eigenvalue weighted by molar-refractivity contribution is 8.00. The number of rotatable bonds is 7. The highest BCUT2D eigenvalue weighted by Gasteiger charge is 2.22. The molecule has 0 bridgehead atoms. The van der Waals surface area contributed by atoms with E-state index in [-0.39, 0.29) is 17.2 Å². The van der Waals surface area contributed by atoms with Gasteiger partial charge in [-0.05, 0) is 72.4 Å². The van der Waals surface area contributed by atoms with E-state index in [4.69, 9.17) is 0 Å². The van der Waals surface area contributed by atoms with E-state index in [1.165, 1.54) is 17.3 Å². The van der Waals surface area contributed by atoms with Crippen molar-refractivity contribution in [2.45, 2.75) is 51.2 Å². The SMILES string of the molecule is Cc1ccc(NC(=O)C(Sc2ccc(NC(=O)CC(C)(C)C)cc2)c2ccccc2)cc1C. The molecule has 1 unspecified atom stereocenters. The molecule has 33 heavy (non-hydrogen) atoms. The summed E-state index contributed by atoms with van der Waals surface area (Å²) < 4.78 is 0. The molecule has 3 aromatic rings. The maximum absolute atomic E-state index is 13.3. The molecule has 0 saturated heterocycles. The van der Waals surface area contributed by atoms with Crippen molar-refractivity contribution in [2.75, 3.05) is 10.6 Å². The lowest BCUT2D eigenvalue weighted by atomic mass is 9.92. The Morgan fingerprint density at radius 3 is 2.06 bits per heavy atom. The number of aryl methyl sites for hydroxylation is 2. The van der Waals surface area contributed by atoms with Crippen LogP contribution < -0.4 is 10.6 Å². The summed E-state index contributed by atoms with van der Waals surface area (Å²) in [5, 5.41) is 5.61. The molecule has 0 spiro atoms. The predicted octanol–water partition coefficient (Wildman–Crippen LogP) is 7.15. The third-order valence-electron chi connectivity index (χ3n) is 5.20. The lowest BCUT2D eigenvalue weighted by molar-refractivity contribution is -0.118. The second-order valence-electron chi connectivity index (χ2n) is 9.51. The third-order valence-corrected chi connectivity index (χ3v) is 6.46. The molecule has 0 aliphatic rings. The Bertz CT molecular complexity index is 1100. The van der Waals surface area contributed by atoms with Crippen LogP contribution in [-0.4, -0.2) is 11.8 Å². The summed E-state index contributed by atoms with van der Waals surface area (Å²) in [7, 11) is 0. The van der Waals surface area contributed by atoms with Crippen LogP contribution >= 0.6 is 11.8 Å². The molecule has 3 rings (SSSR count). The summed E-state index contributed by atoms with van der Waals surface area (Å²) >= 11 is 1.49. The molecule has 0 fully saturated rings. The zero-order valence-electron chi connectivity index (χ0n) is 19.9. The van der Waals surface area contributed by atoms with Crippen molar-refractivity contribution in [2.24, 2.45) is 5.41 Å². The summed E-state index contributed by atoms with van der Waals surface area (Å²) in [5.41, 5.74) is 4.75. The molecule has 2 N–H and O–H groups in total. The molecule has 5 heteroatoms. The van der Waals surface area contributed by atoms with Crippen molar-refractivity contribution >= 4 is 35.0 Å². The fraction of sp³-hybridized carbons (Fsp3) is 0.286. The minimum atomic E-state index is -0.408. The third kappa shape index (κ3) is 7.50. The number of thioether (sulfide) groups is 1. The zero-order valence-corrected chi connectivity index (χ0v) is 20.8. The van der Waals surface area contributed by atoms with E-state index < -0.39 is 5.25 Å². The van der Waals surface area contributed by atoms with Gasteiger partial charge >= 0.3 is 0 Å². The Hall–Kier alpha value is -3.05. The van der Waals surface area contributed by atoms with Crippen molar-refractivity contribution in [3.8, 4) is 0 Å². The minimum Gasteiger partial charge on any atom is -0.326 e. The van der Waals surface area contributed by atoms with Crippen LogP contribution in [0.1, 0.15) is 49.1 Å². The maximum atomic E-state index is 13.3. The van der Waals surface area contributed by atoms with Crippen molar-refractivity contribution < 1.29 is 9.59 Å². The van der Waals surface area contributed by atoms with Crippen LogP contribution in [0, 0.1) is 19.3 Å². The normalized spacial score (nSPS) is 12.2. The highest BCUT2D eigenvalue weighted by Crippen LogP contribution is 2.37. The van der Waals surface area contributed by atoms with Gasteiger partial charge in [0.25, 0.3) is 0 Å². The Morgan fingerprint density at radius 1 is 0.818 bits per heavy atom. The monoisotopic (exact) mass is 460 g/mol. The van der Waals surface area contributed by atoms with E-state index >= 15 is 0 Å². The molecule has 172 valence electrons. The highest BCUT2D eigenvalue weighted by atomic mass is 32.2. The second kappa shape index (κ2) is 10.7. The quantitative estimate of drug-likeness (QED) is 0.368. The van der Waals surface area contributed by atoms with E-state index in [0.29, 0.717) is 6.42 Å². The fourth-order valence-corrected chi connectivity index (χ4v) is 4.39. The van der Waals surface area contributed by atoms with Gasteiger partial charge in [-0.1, -0.05) is 57.2 Å². The number of anilines is 2. The topological polar surface area (TPSA) is 58.2 Å². The molecule has 0 saturated carbocycles. The molecule has 0 aliphatic carbocycles. The first-order chi connectivity index (χ1) is 15.6. The van der Waals surface area contributed by atoms with Gasteiger partial charge in [-0.3, -0.25) is 9.59 Å². The van der Waals surface area contributed by atoms with Gasteiger partial charge in [-0.25, -0.2) is 0 Å². The number of amides is 2. The molecule has 0 aromatic heterocycles. The van der Waals surface area contributed by atoms with Crippen molar-refractivity contribution in [1.82, 2.24) is 0 Å². The number of nitrogens with one attached hydrogen (secondary N) is 2. The molecule has 0 heterocycles. The van der Waals surface area contributed by atoms with Crippen molar-refractivity contribution in [3.05, 3.63) is 89.5 Å². The van der Waals surface area contributed by atoms with E-state index in [0.717, 1.165) is 27.4 Å². The average Bonchev–Trinajstić information content (AvgIpc) is 2.75. The van der Waals surface area contributed by atoms with Gasteiger partial charge < -0.3 is 10.6 Å². The van der Waals surface area contributed by atoms with E-state index in [2.05, 4.69) is 17.6 Å². The van der Waals surface area contributed by atoms with Crippen LogP contribution in [0.5, 0.6) is 0 Å². The number of benzene rings is 3. The number of hydrogen-bond donors (Lipinski definition) is 2. The lowest BCUT2D eigenvalue weighted by Gasteiger charge is -2.18. The van der Waals surface area contributed by atoms with Crippen LogP contribution in [0.15, 0.2) is 77.7 Å². The summed E-state index contributed by atoms with van der Waals surface area (Å²) in [4.78, 5) is 26.4. The van der Waals surface area contributed by atoms with Gasteiger partial charge in [0.15, 0.2) is 0 Å². The Kier molecular flexibility index (Phi) is 7.98. The fourth-order valence-electron chi connectivity index (χ4n) is 3.37. The standard InChI is InChI=1S/C28H32N2O2S/c1-19-11-12-23(17-20(19)2)30-27(32)26(21-9-7-6-8-10-21)33-24-15-13-22(14-16-24)29-25(31)18-28(3,4)5/h6-17,26H,18H2,1-5H3,(H,29,31)(H,30,32). The zero-order chi connectivity index (χ0) is 24.0. The minimum absolute atomic E-state index is 0.00201. The largest absolute Gasteiger partial charge is 0.326 e. The summed E-state index contributed by atoms with van der Waals surface area (Å²) in [5.74, 6) is -0.0742. The smallest absolute Gasteiger partial charge is 0.242 e. The lowest BCUT2D eigenvalue weighted by Crippen LogP contribution is -2.19. The molecule has 0 aliphatic heterocycles. The summed E-state index contributed by atoms with van der Waals surface area (Å²) in [6.45, 7) is 10.2. The first kappa shape index (κ1) is 24.6. The van der Waals surface area contributed by atoms with Gasteiger partial charge in [0.2, 0.25) is 11.8 Å². The van der Waals surface area contributed by atoms with E-state index in [1.807, 2.05) is 100 Å². The van der Waals surface area contributed by atoms with Crippen LogP contribution in [0.25, 0.3) is 0 Å². The first-order valence-corrected chi connectivity index (χ1v) is 12.0. The summed E-state index contributed by atoms with van der Waals surface area (Å²) in [6, 6.07) is 23.4. The predicted molar refractivity (Wildman–Crippen MR) is 139 cm³/mol. The Balaban J connectivity index is 1.75.